The van der Waals surface area contributed by atoms with E-state index in [1.807, 2.05) is 0 Å². The van der Waals surface area contributed by atoms with Crippen molar-refractivity contribution < 1.29 is 16.8 Å². The Morgan fingerprint density at radius 2 is 1.90 bits per heavy atom. The molecule has 118 valence electrons. The number of anilines is 1. The normalized spacial score (nSPS) is 25.1. The van der Waals surface area contributed by atoms with Gasteiger partial charge in [0.15, 0.2) is 9.84 Å². The quantitative estimate of drug-likeness (QED) is 0.794. The van der Waals surface area contributed by atoms with Crippen LogP contribution in [0.1, 0.15) is 24.5 Å². The number of hydrogen-bond donors (Lipinski definition) is 2. The topological polar surface area (TPSA) is 106 Å². The van der Waals surface area contributed by atoms with Crippen molar-refractivity contribution in [3.05, 3.63) is 23.3 Å². The standard InChI is InChI=1S/C13H20N2O4S2/c1-9-6-11(14)7-12(10(9)2)21(18,19)15-13(3)4-5-20(16,17)8-13/h6-7,15H,4-5,8,14H2,1-3H3. The summed E-state index contributed by atoms with van der Waals surface area (Å²) in [5.74, 6) is -0.180. The average Bonchev–Trinajstić information content (AvgIpc) is 2.56. The van der Waals surface area contributed by atoms with Gasteiger partial charge in [0.2, 0.25) is 10.0 Å². The molecule has 1 aromatic rings. The van der Waals surface area contributed by atoms with Crippen LogP contribution < -0.4 is 10.5 Å². The summed E-state index contributed by atoms with van der Waals surface area (Å²) >= 11 is 0. The third-order valence-corrected chi connectivity index (χ3v) is 7.48. The lowest BCUT2D eigenvalue weighted by Gasteiger charge is -2.24. The highest BCUT2D eigenvalue weighted by Crippen LogP contribution is 2.28. The van der Waals surface area contributed by atoms with Crippen molar-refractivity contribution in [1.82, 2.24) is 4.72 Å². The molecule has 1 saturated heterocycles. The van der Waals surface area contributed by atoms with Gasteiger partial charge in [-0.25, -0.2) is 21.6 Å². The molecule has 0 aliphatic carbocycles. The van der Waals surface area contributed by atoms with Crippen molar-refractivity contribution in [2.24, 2.45) is 0 Å². The van der Waals surface area contributed by atoms with Crippen molar-refractivity contribution in [2.75, 3.05) is 17.2 Å². The fraction of sp³-hybridized carbons (Fsp3) is 0.538. The molecule has 6 nitrogen and oxygen atoms in total. The van der Waals surface area contributed by atoms with Crippen LogP contribution in [0.4, 0.5) is 5.69 Å². The number of aryl methyl sites for hydroxylation is 1. The number of sulfonamides is 1. The number of rotatable bonds is 3. The van der Waals surface area contributed by atoms with Gasteiger partial charge in [-0.15, -0.1) is 0 Å². The minimum Gasteiger partial charge on any atom is -0.399 e. The Hall–Kier alpha value is -1.12. The molecule has 0 aromatic heterocycles. The number of nitrogens with one attached hydrogen (secondary N) is 1. The zero-order valence-corrected chi connectivity index (χ0v) is 13.9. The molecule has 0 amide bonds. The Labute approximate surface area is 125 Å². The molecule has 1 aromatic carbocycles. The minimum absolute atomic E-state index is 0.000951. The van der Waals surface area contributed by atoms with Crippen molar-refractivity contribution in [3.63, 3.8) is 0 Å². The van der Waals surface area contributed by atoms with E-state index in [0.29, 0.717) is 11.3 Å². The first-order chi connectivity index (χ1) is 9.44. The number of nitrogen functional groups attached to an aromatic ring is 1. The van der Waals surface area contributed by atoms with Gasteiger partial charge in [-0.3, -0.25) is 0 Å². The maximum Gasteiger partial charge on any atom is 0.241 e. The van der Waals surface area contributed by atoms with Gasteiger partial charge in [-0.2, -0.15) is 0 Å². The van der Waals surface area contributed by atoms with Gasteiger partial charge < -0.3 is 5.73 Å². The minimum atomic E-state index is -3.82. The van der Waals surface area contributed by atoms with Gasteiger partial charge in [-0.1, -0.05) is 0 Å². The summed E-state index contributed by atoms with van der Waals surface area (Å²) in [5.41, 5.74) is 6.50. The lowest BCUT2D eigenvalue weighted by Crippen LogP contribution is -2.46. The molecule has 1 aliphatic heterocycles. The Kier molecular flexibility index (Phi) is 3.84. The van der Waals surface area contributed by atoms with E-state index in [1.165, 1.54) is 6.07 Å². The van der Waals surface area contributed by atoms with Crippen LogP contribution >= 0.6 is 0 Å². The van der Waals surface area contributed by atoms with Gasteiger partial charge in [0.25, 0.3) is 0 Å². The predicted molar refractivity (Wildman–Crippen MR) is 82.3 cm³/mol. The summed E-state index contributed by atoms with van der Waals surface area (Å²) in [6.45, 7) is 5.10. The molecule has 8 heteroatoms. The van der Waals surface area contributed by atoms with E-state index in [4.69, 9.17) is 5.73 Å². The van der Waals surface area contributed by atoms with E-state index in [0.717, 1.165) is 5.56 Å². The van der Waals surface area contributed by atoms with Crippen LogP contribution in [-0.2, 0) is 19.9 Å². The van der Waals surface area contributed by atoms with E-state index < -0.39 is 25.4 Å². The predicted octanol–water partition coefficient (Wildman–Crippen LogP) is 0.741. The second kappa shape index (κ2) is 4.96. The summed E-state index contributed by atoms with van der Waals surface area (Å²) in [4.78, 5) is 0.102. The lowest BCUT2D eigenvalue weighted by molar-refractivity contribution is 0.461. The van der Waals surface area contributed by atoms with Crippen LogP contribution in [0.3, 0.4) is 0 Å². The molecule has 1 unspecified atom stereocenters. The molecular weight excluding hydrogens is 312 g/mol. The fourth-order valence-corrected chi connectivity index (χ4v) is 6.58. The maximum absolute atomic E-state index is 12.6. The molecular formula is C13H20N2O4S2. The zero-order chi connectivity index (χ0) is 16.1. The van der Waals surface area contributed by atoms with Crippen molar-refractivity contribution in [1.29, 1.82) is 0 Å². The first-order valence-electron chi connectivity index (χ1n) is 6.55. The third kappa shape index (κ3) is 3.38. The number of nitrogens with two attached hydrogens (primary N) is 1. The third-order valence-electron chi connectivity index (χ3n) is 3.82. The van der Waals surface area contributed by atoms with Crippen LogP contribution in [0.25, 0.3) is 0 Å². The molecule has 0 bridgehead atoms. The smallest absolute Gasteiger partial charge is 0.241 e. The summed E-state index contributed by atoms with van der Waals surface area (Å²) in [6.07, 6.45) is 0.273. The lowest BCUT2D eigenvalue weighted by atomic mass is 10.0. The van der Waals surface area contributed by atoms with Crippen LogP contribution in [0.5, 0.6) is 0 Å². The molecule has 1 fully saturated rings. The average molecular weight is 332 g/mol. The molecule has 0 spiro atoms. The molecule has 1 aliphatic rings. The molecule has 0 saturated carbocycles. The molecule has 1 atom stereocenters. The molecule has 21 heavy (non-hydrogen) atoms. The van der Waals surface area contributed by atoms with Crippen molar-refractivity contribution >= 4 is 25.5 Å². The van der Waals surface area contributed by atoms with E-state index in [-0.39, 0.29) is 22.8 Å². The van der Waals surface area contributed by atoms with E-state index in [1.54, 1.807) is 26.8 Å². The van der Waals surface area contributed by atoms with Crippen molar-refractivity contribution in [2.45, 2.75) is 37.6 Å². The van der Waals surface area contributed by atoms with Crippen LogP contribution in [0.2, 0.25) is 0 Å². The van der Waals surface area contributed by atoms with Gasteiger partial charge >= 0.3 is 0 Å². The molecule has 1 heterocycles. The summed E-state index contributed by atoms with van der Waals surface area (Å²) in [7, 11) is -7.01. The summed E-state index contributed by atoms with van der Waals surface area (Å²) in [6, 6.07) is 3.10. The Bertz CT molecular complexity index is 785. The zero-order valence-electron chi connectivity index (χ0n) is 12.3. The Morgan fingerprint density at radius 3 is 2.43 bits per heavy atom. The fourth-order valence-electron chi connectivity index (χ4n) is 2.60. The van der Waals surface area contributed by atoms with E-state index in [2.05, 4.69) is 4.72 Å². The van der Waals surface area contributed by atoms with E-state index in [9.17, 15) is 16.8 Å². The van der Waals surface area contributed by atoms with E-state index >= 15 is 0 Å². The van der Waals surface area contributed by atoms with Crippen molar-refractivity contribution in [3.8, 4) is 0 Å². The SMILES string of the molecule is Cc1cc(N)cc(S(=O)(=O)NC2(C)CCS(=O)(=O)C2)c1C. The molecule has 3 N–H and O–H groups in total. The highest BCUT2D eigenvalue weighted by Gasteiger charge is 2.41. The second-order valence-corrected chi connectivity index (χ2v) is 9.80. The number of sulfone groups is 1. The highest BCUT2D eigenvalue weighted by atomic mass is 32.2. The van der Waals surface area contributed by atoms with Gasteiger partial charge in [0.05, 0.1) is 16.4 Å². The van der Waals surface area contributed by atoms with Gasteiger partial charge in [-0.05, 0) is 50.5 Å². The monoisotopic (exact) mass is 332 g/mol. The van der Waals surface area contributed by atoms with Crippen LogP contribution in [0.15, 0.2) is 17.0 Å². The largest absolute Gasteiger partial charge is 0.399 e. The van der Waals surface area contributed by atoms with Crippen LogP contribution in [-0.4, -0.2) is 33.9 Å². The van der Waals surface area contributed by atoms with Gasteiger partial charge in [0, 0.05) is 11.2 Å². The number of hydrogen-bond acceptors (Lipinski definition) is 5. The van der Waals surface area contributed by atoms with Gasteiger partial charge in [0.1, 0.15) is 0 Å². The Morgan fingerprint density at radius 1 is 1.29 bits per heavy atom. The highest BCUT2D eigenvalue weighted by molar-refractivity contribution is 7.92. The number of benzene rings is 1. The second-order valence-electron chi connectivity index (χ2n) is 5.97. The first kappa shape index (κ1) is 16.3. The molecule has 0 radical (unpaired) electrons. The summed E-state index contributed by atoms with van der Waals surface area (Å²) in [5, 5.41) is 0. The Balaban J connectivity index is 2.41. The molecule has 2 rings (SSSR count). The maximum atomic E-state index is 12.6. The summed E-state index contributed by atoms with van der Waals surface area (Å²) < 4.78 is 50.9. The van der Waals surface area contributed by atoms with Crippen LogP contribution in [0, 0.1) is 13.8 Å². The first-order valence-corrected chi connectivity index (χ1v) is 9.86.